The van der Waals surface area contributed by atoms with Gasteiger partial charge in [-0.1, -0.05) is 11.3 Å². The normalized spacial score (nSPS) is 17.5. The van der Waals surface area contributed by atoms with Gasteiger partial charge in [0.25, 0.3) is 5.91 Å². The fourth-order valence-electron chi connectivity index (χ4n) is 2.12. The lowest BCUT2D eigenvalue weighted by Gasteiger charge is -2.34. The third kappa shape index (κ3) is 3.60. The summed E-state index contributed by atoms with van der Waals surface area (Å²) in [4.78, 5) is 19.5. The van der Waals surface area contributed by atoms with Crippen molar-refractivity contribution in [2.75, 3.05) is 38.5 Å². The third-order valence-electron chi connectivity index (χ3n) is 3.07. The fraction of sp³-hybridized carbons (Fsp3) is 0.636. The van der Waals surface area contributed by atoms with Crippen molar-refractivity contribution in [3.63, 3.8) is 0 Å². The van der Waals surface area contributed by atoms with Gasteiger partial charge in [0.2, 0.25) is 0 Å². The van der Waals surface area contributed by atoms with Gasteiger partial charge in [-0.15, -0.1) is 0 Å². The molecule has 0 spiro atoms. The first-order valence-corrected chi connectivity index (χ1v) is 6.89. The van der Waals surface area contributed by atoms with E-state index >= 15 is 0 Å². The van der Waals surface area contributed by atoms with E-state index in [1.807, 2.05) is 0 Å². The number of aryl methyl sites for hydroxylation is 1. The molecular weight excluding hydrogens is 293 g/mol. The average molecular weight is 308 g/mol. The minimum Gasteiger partial charge on any atom is -0.375 e. The molecule has 0 aromatic carbocycles. The Balaban J connectivity index is 1.94. The number of rotatable bonds is 2. The molecule has 1 aromatic rings. The van der Waals surface area contributed by atoms with Gasteiger partial charge in [0.1, 0.15) is 4.88 Å². The molecule has 0 atom stereocenters. The van der Waals surface area contributed by atoms with Crippen LogP contribution >= 0.6 is 11.3 Å². The quantitative estimate of drug-likeness (QED) is 0.896. The van der Waals surface area contributed by atoms with E-state index in [1.165, 1.54) is 4.90 Å². The van der Waals surface area contributed by atoms with Gasteiger partial charge in [-0.25, -0.2) is 4.98 Å². The summed E-state index contributed by atoms with van der Waals surface area (Å²) < 4.78 is 36.8. The van der Waals surface area contributed by atoms with Crippen LogP contribution in [0.2, 0.25) is 0 Å². The van der Waals surface area contributed by atoms with Crippen LogP contribution in [0.25, 0.3) is 0 Å². The summed E-state index contributed by atoms with van der Waals surface area (Å²) in [5, 5.41) is 0.321. The van der Waals surface area contributed by atoms with Crippen LogP contribution in [0.4, 0.5) is 18.3 Å². The van der Waals surface area contributed by atoms with E-state index in [2.05, 4.69) is 4.98 Å². The number of carbonyl (C=O) groups is 1. The number of piperazine rings is 1. The van der Waals surface area contributed by atoms with Crippen molar-refractivity contribution >= 4 is 22.4 Å². The van der Waals surface area contributed by atoms with E-state index in [0.29, 0.717) is 15.7 Å². The van der Waals surface area contributed by atoms with E-state index < -0.39 is 12.7 Å². The van der Waals surface area contributed by atoms with Gasteiger partial charge < -0.3 is 10.6 Å². The number of nitrogen functional groups attached to an aromatic ring is 1. The van der Waals surface area contributed by atoms with Gasteiger partial charge in [0.15, 0.2) is 5.13 Å². The third-order valence-corrected chi connectivity index (χ3v) is 4.04. The SMILES string of the molecule is Cc1nc(N)sc1C(=O)N1CCN(CC(F)(F)F)CC1. The highest BCUT2D eigenvalue weighted by Gasteiger charge is 2.33. The molecule has 0 bridgehead atoms. The average Bonchev–Trinajstić information content (AvgIpc) is 2.66. The van der Waals surface area contributed by atoms with Crippen LogP contribution in [-0.4, -0.2) is 59.6 Å². The zero-order valence-corrected chi connectivity index (χ0v) is 11.7. The Labute approximate surface area is 118 Å². The number of carbonyl (C=O) groups excluding carboxylic acids is 1. The molecule has 0 saturated carbocycles. The van der Waals surface area contributed by atoms with Crippen LogP contribution in [0.5, 0.6) is 0 Å². The van der Waals surface area contributed by atoms with Gasteiger partial charge in [0, 0.05) is 26.2 Å². The Morgan fingerprint density at radius 2 is 1.95 bits per heavy atom. The monoisotopic (exact) mass is 308 g/mol. The first-order chi connectivity index (χ1) is 9.26. The van der Waals surface area contributed by atoms with Crippen molar-refractivity contribution in [1.29, 1.82) is 0 Å². The van der Waals surface area contributed by atoms with Gasteiger partial charge in [-0.3, -0.25) is 9.69 Å². The molecule has 5 nitrogen and oxygen atoms in total. The maximum Gasteiger partial charge on any atom is 0.401 e. The smallest absolute Gasteiger partial charge is 0.375 e. The van der Waals surface area contributed by atoms with Crippen molar-refractivity contribution < 1.29 is 18.0 Å². The van der Waals surface area contributed by atoms with E-state index in [9.17, 15) is 18.0 Å². The van der Waals surface area contributed by atoms with E-state index in [4.69, 9.17) is 5.73 Å². The maximum absolute atomic E-state index is 12.3. The molecule has 2 N–H and O–H groups in total. The second-order valence-corrected chi connectivity index (χ2v) is 5.68. The summed E-state index contributed by atoms with van der Waals surface area (Å²) in [6.45, 7) is 1.77. The summed E-state index contributed by atoms with van der Waals surface area (Å²) >= 11 is 1.11. The number of anilines is 1. The number of thiazole rings is 1. The van der Waals surface area contributed by atoms with Crippen molar-refractivity contribution in [3.8, 4) is 0 Å². The highest BCUT2D eigenvalue weighted by molar-refractivity contribution is 7.17. The molecule has 112 valence electrons. The predicted octanol–water partition coefficient (Wildman–Crippen LogP) is 1.35. The molecule has 0 aliphatic carbocycles. The Bertz CT molecular complexity index is 494. The van der Waals surface area contributed by atoms with Crippen molar-refractivity contribution in [1.82, 2.24) is 14.8 Å². The number of nitrogens with zero attached hydrogens (tertiary/aromatic N) is 3. The molecule has 1 saturated heterocycles. The Morgan fingerprint density at radius 1 is 1.35 bits per heavy atom. The Kier molecular flexibility index (Phi) is 4.19. The standard InChI is InChI=1S/C11H15F3N4OS/c1-7-8(20-10(15)16-7)9(19)18-4-2-17(3-5-18)6-11(12,13)14/h2-6H2,1H3,(H2,15,16). The molecular formula is C11H15F3N4OS. The molecule has 1 aliphatic rings. The molecule has 1 aliphatic heterocycles. The number of hydrogen-bond acceptors (Lipinski definition) is 5. The Morgan fingerprint density at radius 3 is 2.40 bits per heavy atom. The van der Waals surface area contributed by atoms with Crippen LogP contribution in [-0.2, 0) is 0 Å². The number of nitrogens with two attached hydrogens (primary N) is 1. The number of alkyl halides is 3. The van der Waals surface area contributed by atoms with Gasteiger partial charge in [-0.2, -0.15) is 13.2 Å². The summed E-state index contributed by atoms with van der Waals surface area (Å²) in [5.74, 6) is -0.205. The maximum atomic E-state index is 12.3. The zero-order valence-electron chi connectivity index (χ0n) is 10.9. The Hall–Kier alpha value is -1.35. The second-order valence-electron chi connectivity index (χ2n) is 4.65. The molecule has 2 rings (SSSR count). The predicted molar refractivity (Wildman–Crippen MR) is 69.7 cm³/mol. The highest BCUT2D eigenvalue weighted by Crippen LogP contribution is 2.23. The number of halogens is 3. The van der Waals surface area contributed by atoms with Crippen LogP contribution in [0.15, 0.2) is 0 Å². The summed E-state index contributed by atoms with van der Waals surface area (Å²) in [7, 11) is 0. The lowest BCUT2D eigenvalue weighted by molar-refractivity contribution is -0.148. The number of hydrogen-bond donors (Lipinski definition) is 1. The molecule has 1 fully saturated rings. The van der Waals surface area contributed by atoms with Gasteiger partial charge in [-0.05, 0) is 6.92 Å². The van der Waals surface area contributed by atoms with Crippen molar-refractivity contribution in [2.45, 2.75) is 13.1 Å². The lowest BCUT2D eigenvalue weighted by atomic mass is 10.2. The van der Waals surface area contributed by atoms with E-state index in [1.54, 1.807) is 11.8 Å². The summed E-state index contributed by atoms with van der Waals surface area (Å²) in [5.41, 5.74) is 6.11. The van der Waals surface area contributed by atoms with Gasteiger partial charge in [0.05, 0.1) is 12.2 Å². The van der Waals surface area contributed by atoms with Gasteiger partial charge >= 0.3 is 6.18 Å². The van der Waals surface area contributed by atoms with Crippen LogP contribution in [0.1, 0.15) is 15.4 Å². The lowest BCUT2D eigenvalue weighted by Crippen LogP contribution is -2.50. The molecule has 1 amide bonds. The molecule has 2 heterocycles. The van der Waals surface area contributed by atoms with Crippen molar-refractivity contribution in [3.05, 3.63) is 10.6 Å². The molecule has 1 aromatic heterocycles. The van der Waals surface area contributed by atoms with E-state index in [0.717, 1.165) is 11.3 Å². The van der Waals surface area contributed by atoms with E-state index in [-0.39, 0.29) is 32.1 Å². The van der Waals surface area contributed by atoms with Crippen LogP contribution in [0, 0.1) is 6.92 Å². The molecule has 9 heteroatoms. The first kappa shape index (κ1) is 15.0. The summed E-state index contributed by atoms with van der Waals surface area (Å²) in [6.07, 6.45) is -4.20. The van der Waals surface area contributed by atoms with Crippen LogP contribution < -0.4 is 5.73 Å². The molecule has 20 heavy (non-hydrogen) atoms. The topological polar surface area (TPSA) is 62.5 Å². The largest absolute Gasteiger partial charge is 0.401 e. The minimum absolute atomic E-state index is 0.205. The number of amides is 1. The zero-order chi connectivity index (χ0) is 14.9. The summed E-state index contributed by atoms with van der Waals surface area (Å²) in [6, 6.07) is 0. The number of aromatic nitrogens is 1. The van der Waals surface area contributed by atoms with Crippen molar-refractivity contribution in [2.24, 2.45) is 0 Å². The minimum atomic E-state index is -4.20. The first-order valence-electron chi connectivity index (χ1n) is 6.07. The second kappa shape index (κ2) is 5.57. The highest BCUT2D eigenvalue weighted by atomic mass is 32.1. The fourth-order valence-corrected chi connectivity index (χ4v) is 2.92. The van der Waals surface area contributed by atoms with Crippen LogP contribution in [0.3, 0.4) is 0 Å². The molecule has 0 radical (unpaired) electrons. The molecule has 0 unspecified atom stereocenters.